The summed E-state index contributed by atoms with van der Waals surface area (Å²) in [6.45, 7) is 10.4. The first-order valence-electron chi connectivity index (χ1n) is 8.59. The second-order valence-electron chi connectivity index (χ2n) is 7.60. The Bertz CT molecular complexity index is 428. The molecule has 5 nitrogen and oxygen atoms in total. The molecule has 6 heteroatoms. The molecule has 0 unspecified atom stereocenters. The third-order valence-electron chi connectivity index (χ3n) is 4.33. The van der Waals surface area contributed by atoms with Crippen LogP contribution in [0.5, 0.6) is 0 Å². The Balaban J connectivity index is 1.92. The number of likely N-dealkylation sites (tertiary alicyclic amines) is 1. The molecule has 2 aliphatic rings. The standard InChI is InChI=1S/C17H30N2O3S/c1-5-22-13-6-8-18(9-7-13)16(21)14-11-23-12-19(14)15(20)10-17(2,3)4/h13-14H,5-12H2,1-4H3/t14-/m1/s1. The number of ether oxygens (including phenoxy) is 1. The van der Waals surface area contributed by atoms with Gasteiger partial charge in [-0.3, -0.25) is 9.59 Å². The average Bonchev–Trinajstić information content (AvgIpc) is 2.95. The molecular weight excluding hydrogens is 312 g/mol. The molecule has 2 saturated heterocycles. The Morgan fingerprint density at radius 1 is 1.22 bits per heavy atom. The molecule has 0 radical (unpaired) electrons. The van der Waals surface area contributed by atoms with Crippen LogP contribution in [0.4, 0.5) is 0 Å². The smallest absolute Gasteiger partial charge is 0.246 e. The van der Waals surface area contributed by atoms with Gasteiger partial charge in [0.25, 0.3) is 0 Å². The molecule has 2 heterocycles. The van der Waals surface area contributed by atoms with E-state index < -0.39 is 0 Å². The molecule has 23 heavy (non-hydrogen) atoms. The number of rotatable bonds is 4. The van der Waals surface area contributed by atoms with Gasteiger partial charge in [0, 0.05) is 31.9 Å². The van der Waals surface area contributed by atoms with Crippen molar-refractivity contribution in [2.45, 2.75) is 59.1 Å². The maximum atomic E-state index is 12.8. The molecule has 0 saturated carbocycles. The van der Waals surface area contributed by atoms with E-state index in [1.807, 2.05) is 11.8 Å². The summed E-state index contributed by atoms with van der Waals surface area (Å²) in [7, 11) is 0. The van der Waals surface area contributed by atoms with Crippen molar-refractivity contribution >= 4 is 23.6 Å². The lowest BCUT2D eigenvalue weighted by Crippen LogP contribution is -2.52. The van der Waals surface area contributed by atoms with Crippen molar-refractivity contribution in [2.24, 2.45) is 5.41 Å². The molecule has 0 aromatic carbocycles. The molecule has 0 aromatic rings. The molecule has 2 amide bonds. The van der Waals surface area contributed by atoms with E-state index in [9.17, 15) is 9.59 Å². The van der Waals surface area contributed by atoms with Gasteiger partial charge in [-0.2, -0.15) is 0 Å². The quantitative estimate of drug-likeness (QED) is 0.787. The molecule has 1 atom stereocenters. The molecule has 0 spiro atoms. The first kappa shape index (κ1) is 18.6. The van der Waals surface area contributed by atoms with Gasteiger partial charge in [-0.15, -0.1) is 11.8 Å². The third-order valence-corrected chi connectivity index (χ3v) is 5.34. The molecule has 132 valence electrons. The summed E-state index contributed by atoms with van der Waals surface area (Å²) in [5.41, 5.74) is -0.0478. The number of piperidine rings is 1. The fourth-order valence-corrected chi connectivity index (χ4v) is 4.31. The number of nitrogens with zero attached hydrogens (tertiary/aromatic N) is 2. The summed E-state index contributed by atoms with van der Waals surface area (Å²) in [6.07, 6.45) is 2.56. The van der Waals surface area contributed by atoms with Crippen LogP contribution in [0.15, 0.2) is 0 Å². The van der Waals surface area contributed by atoms with Crippen molar-refractivity contribution in [1.82, 2.24) is 9.80 Å². The average molecular weight is 343 g/mol. The van der Waals surface area contributed by atoms with Crippen LogP contribution in [0.25, 0.3) is 0 Å². The number of carbonyl (C=O) groups excluding carboxylic acids is 2. The Hall–Kier alpha value is -0.750. The lowest BCUT2D eigenvalue weighted by molar-refractivity contribution is -0.145. The second kappa shape index (κ2) is 7.88. The summed E-state index contributed by atoms with van der Waals surface area (Å²) in [5, 5.41) is 0. The van der Waals surface area contributed by atoms with E-state index >= 15 is 0 Å². The van der Waals surface area contributed by atoms with E-state index in [-0.39, 0.29) is 29.4 Å². The van der Waals surface area contributed by atoms with Gasteiger partial charge in [0.1, 0.15) is 6.04 Å². The van der Waals surface area contributed by atoms with E-state index in [1.165, 1.54) is 0 Å². The van der Waals surface area contributed by atoms with Crippen LogP contribution in [-0.2, 0) is 14.3 Å². The van der Waals surface area contributed by atoms with E-state index in [0.717, 1.165) is 38.3 Å². The van der Waals surface area contributed by atoms with E-state index in [1.54, 1.807) is 16.7 Å². The van der Waals surface area contributed by atoms with Crippen LogP contribution in [0, 0.1) is 5.41 Å². The van der Waals surface area contributed by atoms with Gasteiger partial charge < -0.3 is 14.5 Å². The monoisotopic (exact) mass is 342 g/mol. The van der Waals surface area contributed by atoms with Crippen molar-refractivity contribution in [3.05, 3.63) is 0 Å². The van der Waals surface area contributed by atoms with Crippen LogP contribution in [-0.4, -0.2) is 65.1 Å². The predicted octanol–water partition coefficient (Wildman–Crippen LogP) is 2.35. The number of hydrogen-bond donors (Lipinski definition) is 0. The van der Waals surface area contributed by atoms with Crippen LogP contribution in [0.2, 0.25) is 0 Å². The zero-order chi connectivity index (χ0) is 17.0. The predicted molar refractivity (Wildman–Crippen MR) is 93.3 cm³/mol. The van der Waals surface area contributed by atoms with Gasteiger partial charge >= 0.3 is 0 Å². The van der Waals surface area contributed by atoms with Gasteiger partial charge in [-0.1, -0.05) is 20.8 Å². The Morgan fingerprint density at radius 3 is 2.43 bits per heavy atom. The van der Waals surface area contributed by atoms with Crippen molar-refractivity contribution in [3.63, 3.8) is 0 Å². The summed E-state index contributed by atoms with van der Waals surface area (Å²) in [5.74, 6) is 1.58. The molecule has 2 aliphatic heterocycles. The molecule has 2 fully saturated rings. The minimum absolute atomic E-state index is 0.0478. The van der Waals surface area contributed by atoms with Gasteiger partial charge in [0.05, 0.1) is 12.0 Å². The summed E-state index contributed by atoms with van der Waals surface area (Å²) in [4.78, 5) is 29.0. The molecular formula is C17H30N2O3S. The van der Waals surface area contributed by atoms with E-state index in [0.29, 0.717) is 12.3 Å². The summed E-state index contributed by atoms with van der Waals surface area (Å²) >= 11 is 1.68. The first-order valence-corrected chi connectivity index (χ1v) is 9.75. The number of amides is 2. The third kappa shape index (κ3) is 5.11. The highest BCUT2D eigenvalue weighted by Gasteiger charge is 2.38. The highest BCUT2D eigenvalue weighted by molar-refractivity contribution is 7.99. The van der Waals surface area contributed by atoms with Crippen molar-refractivity contribution in [2.75, 3.05) is 31.3 Å². The van der Waals surface area contributed by atoms with Crippen molar-refractivity contribution in [1.29, 1.82) is 0 Å². The van der Waals surface area contributed by atoms with Gasteiger partial charge in [0.15, 0.2) is 0 Å². The number of carbonyl (C=O) groups is 2. The SMILES string of the molecule is CCOC1CCN(C(=O)[C@H]2CSCN2C(=O)CC(C)(C)C)CC1. The molecule has 0 bridgehead atoms. The molecule has 0 N–H and O–H groups in total. The van der Waals surface area contributed by atoms with Crippen LogP contribution in [0.3, 0.4) is 0 Å². The maximum absolute atomic E-state index is 12.8. The fraction of sp³-hybridized carbons (Fsp3) is 0.882. The van der Waals surface area contributed by atoms with Gasteiger partial charge in [0.2, 0.25) is 11.8 Å². The largest absolute Gasteiger partial charge is 0.378 e. The first-order chi connectivity index (χ1) is 10.8. The minimum Gasteiger partial charge on any atom is -0.378 e. The highest BCUT2D eigenvalue weighted by atomic mass is 32.2. The Kier molecular flexibility index (Phi) is 6.37. The van der Waals surface area contributed by atoms with Crippen molar-refractivity contribution in [3.8, 4) is 0 Å². The summed E-state index contributed by atoms with van der Waals surface area (Å²) < 4.78 is 5.64. The van der Waals surface area contributed by atoms with Crippen LogP contribution in [0.1, 0.15) is 47.0 Å². The minimum atomic E-state index is -0.279. The topological polar surface area (TPSA) is 49.9 Å². The lowest BCUT2D eigenvalue weighted by atomic mass is 9.91. The van der Waals surface area contributed by atoms with E-state index in [4.69, 9.17) is 4.74 Å². The van der Waals surface area contributed by atoms with Gasteiger partial charge in [-0.05, 0) is 25.2 Å². The number of hydrogen-bond acceptors (Lipinski definition) is 4. The summed E-state index contributed by atoms with van der Waals surface area (Å²) in [6, 6.07) is -0.279. The van der Waals surface area contributed by atoms with E-state index in [2.05, 4.69) is 20.8 Å². The van der Waals surface area contributed by atoms with Gasteiger partial charge in [-0.25, -0.2) is 0 Å². The maximum Gasteiger partial charge on any atom is 0.246 e. The molecule has 2 rings (SSSR count). The zero-order valence-electron chi connectivity index (χ0n) is 14.8. The molecule has 0 aromatic heterocycles. The Morgan fingerprint density at radius 2 is 1.87 bits per heavy atom. The van der Waals surface area contributed by atoms with Crippen LogP contribution < -0.4 is 0 Å². The normalized spacial score (nSPS) is 23.4. The number of thioether (sulfide) groups is 1. The van der Waals surface area contributed by atoms with Crippen molar-refractivity contribution < 1.29 is 14.3 Å². The lowest BCUT2D eigenvalue weighted by Gasteiger charge is -2.35. The van der Waals surface area contributed by atoms with Crippen LogP contribution >= 0.6 is 11.8 Å². The highest BCUT2D eigenvalue weighted by Crippen LogP contribution is 2.28. The fourth-order valence-electron chi connectivity index (χ4n) is 3.14. The molecule has 0 aliphatic carbocycles. The zero-order valence-corrected chi connectivity index (χ0v) is 15.7. The second-order valence-corrected chi connectivity index (χ2v) is 8.60. The Labute approximate surface area is 144 Å².